The largest absolute Gasteiger partial charge is 0.497 e. The molecular weight excluding hydrogens is 406 g/mol. The highest BCUT2D eigenvalue weighted by molar-refractivity contribution is 6.01. The quantitative estimate of drug-likeness (QED) is 0.650. The van der Waals surface area contributed by atoms with Gasteiger partial charge >= 0.3 is 0 Å². The molecule has 0 bridgehead atoms. The summed E-state index contributed by atoms with van der Waals surface area (Å²) in [4.78, 5) is 28.3. The van der Waals surface area contributed by atoms with Crippen LogP contribution in [0.4, 0.5) is 11.4 Å². The molecule has 0 spiro atoms. The van der Waals surface area contributed by atoms with E-state index < -0.39 is 6.04 Å². The second-order valence-electron chi connectivity index (χ2n) is 8.48. The number of nitrogens with one attached hydrogen (secondary N) is 2. The van der Waals surface area contributed by atoms with Crippen LogP contribution >= 0.6 is 0 Å². The minimum absolute atomic E-state index is 0.101. The first kappa shape index (κ1) is 23.4. The highest BCUT2D eigenvalue weighted by atomic mass is 16.5. The van der Waals surface area contributed by atoms with Gasteiger partial charge in [0.05, 0.1) is 14.2 Å². The molecule has 7 heteroatoms. The van der Waals surface area contributed by atoms with Gasteiger partial charge < -0.3 is 25.0 Å². The maximum atomic E-state index is 13.0. The lowest BCUT2D eigenvalue weighted by atomic mass is 10.0. The van der Waals surface area contributed by atoms with Gasteiger partial charge in [0.15, 0.2) is 0 Å². The molecule has 1 unspecified atom stereocenters. The molecule has 2 amide bonds. The zero-order valence-electron chi connectivity index (χ0n) is 19.5. The summed E-state index contributed by atoms with van der Waals surface area (Å²) in [7, 11) is 3.05. The highest BCUT2D eigenvalue weighted by Gasteiger charge is 2.25. The van der Waals surface area contributed by atoms with Gasteiger partial charge in [-0.15, -0.1) is 0 Å². The van der Waals surface area contributed by atoms with Gasteiger partial charge in [-0.2, -0.15) is 0 Å². The van der Waals surface area contributed by atoms with Crippen molar-refractivity contribution in [2.75, 3.05) is 37.5 Å². The summed E-state index contributed by atoms with van der Waals surface area (Å²) in [6, 6.07) is 10.2. The van der Waals surface area contributed by atoms with Crippen molar-refractivity contribution in [1.29, 1.82) is 0 Å². The first-order chi connectivity index (χ1) is 15.3. The van der Waals surface area contributed by atoms with Crippen LogP contribution in [0.25, 0.3) is 0 Å². The molecular formula is C25H33N3O4. The second-order valence-corrected chi connectivity index (χ2v) is 8.48. The number of amides is 2. The maximum Gasteiger partial charge on any atom is 0.252 e. The number of aryl methyl sites for hydroxylation is 1. The fraction of sp³-hybridized carbons (Fsp3) is 0.440. The molecule has 0 saturated carbocycles. The predicted octanol–water partition coefficient (Wildman–Crippen LogP) is 4.01. The molecule has 1 saturated heterocycles. The van der Waals surface area contributed by atoms with Crippen molar-refractivity contribution < 1.29 is 19.1 Å². The topological polar surface area (TPSA) is 79.9 Å². The Morgan fingerprint density at radius 1 is 0.969 bits per heavy atom. The summed E-state index contributed by atoms with van der Waals surface area (Å²) in [6.45, 7) is 8.00. The molecule has 0 aliphatic carbocycles. The molecule has 1 fully saturated rings. The van der Waals surface area contributed by atoms with E-state index in [2.05, 4.69) is 28.5 Å². The second kappa shape index (κ2) is 10.4. The summed E-state index contributed by atoms with van der Waals surface area (Å²) >= 11 is 0. The minimum atomic E-state index is -0.696. The Morgan fingerprint density at radius 3 is 2.12 bits per heavy atom. The first-order valence-electron chi connectivity index (χ1n) is 11.0. The van der Waals surface area contributed by atoms with Crippen molar-refractivity contribution in [2.24, 2.45) is 5.92 Å². The molecule has 1 atom stereocenters. The van der Waals surface area contributed by atoms with Crippen molar-refractivity contribution in [3.63, 3.8) is 0 Å². The molecule has 2 aromatic rings. The average molecular weight is 440 g/mol. The normalized spacial score (nSPS) is 14.2. The van der Waals surface area contributed by atoms with E-state index in [1.165, 1.54) is 32.7 Å². The van der Waals surface area contributed by atoms with Gasteiger partial charge in [-0.1, -0.05) is 13.8 Å². The van der Waals surface area contributed by atoms with Crippen LogP contribution in [0.15, 0.2) is 36.4 Å². The van der Waals surface area contributed by atoms with E-state index in [-0.39, 0.29) is 17.7 Å². The fourth-order valence-electron chi connectivity index (χ4n) is 3.96. The van der Waals surface area contributed by atoms with Crippen molar-refractivity contribution in [3.05, 3.63) is 47.5 Å². The van der Waals surface area contributed by atoms with Gasteiger partial charge in [0.2, 0.25) is 5.91 Å². The van der Waals surface area contributed by atoms with Crippen LogP contribution in [0, 0.1) is 12.8 Å². The third kappa shape index (κ3) is 5.52. The Hall–Kier alpha value is -3.22. The Labute approximate surface area is 190 Å². The smallest absolute Gasteiger partial charge is 0.252 e. The molecule has 1 aliphatic heterocycles. The van der Waals surface area contributed by atoms with Crippen LogP contribution in [0.5, 0.6) is 11.5 Å². The number of anilines is 2. The van der Waals surface area contributed by atoms with Crippen LogP contribution in [-0.2, 0) is 4.79 Å². The summed E-state index contributed by atoms with van der Waals surface area (Å²) in [5.41, 5.74) is 3.42. The Morgan fingerprint density at radius 2 is 1.59 bits per heavy atom. The number of carbonyl (C=O) groups is 2. The van der Waals surface area contributed by atoms with Crippen LogP contribution < -0.4 is 25.0 Å². The number of nitrogens with zero attached hydrogens (tertiary/aromatic N) is 1. The van der Waals surface area contributed by atoms with E-state index in [0.29, 0.717) is 17.1 Å². The lowest BCUT2D eigenvalue weighted by Gasteiger charge is -2.23. The maximum absolute atomic E-state index is 13.0. The lowest BCUT2D eigenvalue weighted by Crippen LogP contribution is -2.47. The monoisotopic (exact) mass is 439 g/mol. The lowest BCUT2D eigenvalue weighted by molar-refractivity contribution is -0.118. The Bertz CT molecular complexity index is 945. The zero-order chi connectivity index (χ0) is 23.3. The average Bonchev–Trinajstić information content (AvgIpc) is 3.31. The standard InChI is InChI=1S/C25H33N3O4/c1-16(2)23(27-24(29)18-13-20(31-4)15-21(14-18)32-5)25(30)26-19-8-9-22(17(3)12-19)28-10-6-7-11-28/h8-9,12-16,23H,6-7,10-11H2,1-5H3,(H,26,30)(H,27,29). The Balaban J connectivity index is 1.72. The number of hydrogen-bond acceptors (Lipinski definition) is 5. The molecule has 2 N–H and O–H groups in total. The highest BCUT2D eigenvalue weighted by Crippen LogP contribution is 2.27. The summed E-state index contributed by atoms with van der Waals surface area (Å²) in [5, 5.41) is 5.82. The molecule has 0 aromatic heterocycles. The van der Waals surface area contributed by atoms with Crippen molar-refractivity contribution in [3.8, 4) is 11.5 Å². The molecule has 1 aliphatic rings. The minimum Gasteiger partial charge on any atom is -0.497 e. The molecule has 3 rings (SSSR count). The summed E-state index contributed by atoms with van der Waals surface area (Å²) in [6.07, 6.45) is 2.43. The fourth-order valence-corrected chi connectivity index (χ4v) is 3.96. The number of benzene rings is 2. The van der Waals surface area contributed by atoms with Gasteiger partial charge in [-0.05, 0) is 61.6 Å². The van der Waals surface area contributed by atoms with Crippen molar-refractivity contribution in [2.45, 2.75) is 39.7 Å². The van der Waals surface area contributed by atoms with E-state index in [1.807, 2.05) is 26.0 Å². The van der Waals surface area contributed by atoms with Crippen LogP contribution in [0.2, 0.25) is 0 Å². The van der Waals surface area contributed by atoms with E-state index in [1.54, 1.807) is 18.2 Å². The van der Waals surface area contributed by atoms with Gasteiger partial charge in [-0.25, -0.2) is 0 Å². The van der Waals surface area contributed by atoms with E-state index >= 15 is 0 Å². The first-order valence-corrected chi connectivity index (χ1v) is 11.0. The number of hydrogen-bond donors (Lipinski definition) is 2. The summed E-state index contributed by atoms with van der Waals surface area (Å²) in [5.74, 6) is 0.298. The zero-order valence-corrected chi connectivity index (χ0v) is 19.5. The molecule has 0 radical (unpaired) electrons. The predicted molar refractivity (Wildman–Crippen MR) is 127 cm³/mol. The van der Waals surface area contributed by atoms with Gasteiger partial charge in [0.25, 0.3) is 5.91 Å². The summed E-state index contributed by atoms with van der Waals surface area (Å²) < 4.78 is 10.5. The third-order valence-corrected chi connectivity index (χ3v) is 5.76. The van der Waals surface area contributed by atoms with Crippen LogP contribution in [0.3, 0.4) is 0 Å². The van der Waals surface area contributed by atoms with E-state index in [0.717, 1.165) is 24.3 Å². The molecule has 7 nitrogen and oxygen atoms in total. The van der Waals surface area contributed by atoms with Crippen LogP contribution in [0.1, 0.15) is 42.6 Å². The van der Waals surface area contributed by atoms with Gasteiger partial charge in [-0.3, -0.25) is 9.59 Å². The molecule has 2 aromatic carbocycles. The molecule has 32 heavy (non-hydrogen) atoms. The number of rotatable bonds is 8. The van der Waals surface area contributed by atoms with Crippen LogP contribution in [-0.4, -0.2) is 45.2 Å². The third-order valence-electron chi connectivity index (χ3n) is 5.76. The van der Waals surface area contributed by atoms with Crippen molar-refractivity contribution >= 4 is 23.2 Å². The van der Waals surface area contributed by atoms with E-state index in [4.69, 9.17) is 9.47 Å². The number of carbonyl (C=O) groups excluding carboxylic acids is 2. The number of methoxy groups -OCH3 is 2. The Kier molecular flexibility index (Phi) is 7.62. The van der Waals surface area contributed by atoms with Crippen molar-refractivity contribution in [1.82, 2.24) is 5.32 Å². The molecule has 1 heterocycles. The van der Waals surface area contributed by atoms with Gasteiger partial charge in [0, 0.05) is 36.1 Å². The number of ether oxygens (including phenoxy) is 2. The van der Waals surface area contributed by atoms with E-state index in [9.17, 15) is 9.59 Å². The molecule has 172 valence electrons. The SMILES string of the molecule is COc1cc(OC)cc(C(=O)NC(C(=O)Nc2ccc(N3CCCC3)c(C)c2)C(C)C)c1. The van der Waals surface area contributed by atoms with Gasteiger partial charge in [0.1, 0.15) is 17.5 Å².